The number of hydrogen-bond acceptors (Lipinski definition) is 7. The molecule has 1 N–H and O–H groups in total. The molecule has 3 rings (SSSR count). The SMILES string of the molecule is COC(=O)c1ccc(C)c(NC(=O)COC(=O)c2ccc3c(c2)OCCO3)c1. The Kier molecular flexibility index (Phi) is 5.78. The van der Waals surface area contributed by atoms with Gasteiger partial charge in [0.2, 0.25) is 0 Å². The second-order valence-corrected chi connectivity index (χ2v) is 6.00. The zero-order valence-electron chi connectivity index (χ0n) is 15.4. The summed E-state index contributed by atoms with van der Waals surface area (Å²) in [6.07, 6.45) is 0. The van der Waals surface area contributed by atoms with Crippen LogP contribution in [-0.4, -0.2) is 44.8 Å². The third-order valence-electron chi connectivity index (χ3n) is 4.04. The number of aryl methyl sites for hydroxylation is 1. The predicted octanol–water partition coefficient (Wildman–Crippen LogP) is 2.35. The fraction of sp³-hybridized carbons (Fsp3) is 0.250. The number of methoxy groups -OCH3 is 1. The van der Waals surface area contributed by atoms with E-state index in [9.17, 15) is 14.4 Å². The smallest absolute Gasteiger partial charge is 0.338 e. The molecule has 0 aromatic heterocycles. The number of nitrogens with one attached hydrogen (secondary N) is 1. The Balaban J connectivity index is 1.60. The first kappa shape index (κ1) is 19.2. The van der Waals surface area contributed by atoms with Gasteiger partial charge in [-0.25, -0.2) is 9.59 Å². The molecule has 0 saturated heterocycles. The Hall–Kier alpha value is -3.55. The zero-order valence-corrected chi connectivity index (χ0v) is 15.4. The number of rotatable bonds is 5. The van der Waals surface area contributed by atoms with E-state index < -0.39 is 24.5 Å². The highest BCUT2D eigenvalue weighted by molar-refractivity contribution is 5.97. The molecule has 0 fully saturated rings. The van der Waals surface area contributed by atoms with E-state index in [4.69, 9.17) is 14.2 Å². The van der Waals surface area contributed by atoms with Gasteiger partial charge in [0.15, 0.2) is 18.1 Å². The summed E-state index contributed by atoms with van der Waals surface area (Å²) in [6, 6.07) is 9.45. The number of esters is 2. The van der Waals surface area contributed by atoms with Crippen molar-refractivity contribution in [3.8, 4) is 11.5 Å². The lowest BCUT2D eigenvalue weighted by Crippen LogP contribution is -2.22. The molecule has 0 bridgehead atoms. The third kappa shape index (κ3) is 4.40. The maximum atomic E-state index is 12.2. The first-order valence-corrected chi connectivity index (χ1v) is 8.53. The summed E-state index contributed by atoms with van der Waals surface area (Å²) < 4.78 is 20.5. The lowest BCUT2D eigenvalue weighted by atomic mass is 10.1. The van der Waals surface area contributed by atoms with E-state index in [1.165, 1.54) is 25.3 Å². The van der Waals surface area contributed by atoms with E-state index in [0.717, 1.165) is 5.56 Å². The van der Waals surface area contributed by atoms with Crippen molar-refractivity contribution in [1.29, 1.82) is 0 Å². The number of anilines is 1. The average molecular weight is 385 g/mol. The Labute approximate surface area is 161 Å². The Bertz CT molecular complexity index is 923. The van der Waals surface area contributed by atoms with Gasteiger partial charge in [0, 0.05) is 5.69 Å². The fourth-order valence-electron chi connectivity index (χ4n) is 2.57. The molecule has 2 aromatic rings. The van der Waals surface area contributed by atoms with E-state index in [2.05, 4.69) is 10.1 Å². The number of hydrogen-bond donors (Lipinski definition) is 1. The first-order valence-electron chi connectivity index (χ1n) is 8.53. The van der Waals surface area contributed by atoms with Gasteiger partial charge in [-0.3, -0.25) is 4.79 Å². The summed E-state index contributed by atoms with van der Waals surface area (Å²) in [7, 11) is 1.28. The van der Waals surface area contributed by atoms with E-state index in [1.54, 1.807) is 25.1 Å². The van der Waals surface area contributed by atoms with E-state index >= 15 is 0 Å². The number of fused-ring (bicyclic) bond motifs is 1. The summed E-state index contributed by atoms with van der Waals surface area (Å²) in [5, 5.41) is 2.62. The van der Waals surface area contributed by atoms with Crippen LogP contribution in [0.15, 0.2) is 36.4 Å². The van der Waals surface area contributed by atoms with Crippen molar-refractivity contribution in [3.05, 3.63) is 53.1 Å². The van der Waals surface area contributed by atoms with Crippen LogP contribution < -0.4 is 14.8 Å². The van der Waals surface area contributed by atoms with Crippen molar-refractivity contribution in [2.75, 3.05) is 32.2 Å². The summed E-state index contributed by atoms with van der Waals surface area (Å²) in [5.41, 5.74) is 1.74. The van der Waals surface area contributed by atoms with Gasteiger partial charge in [0.05, 0.1) is 18.2 Å². The van der Waals surface area contributed by atoms with Gasteiger partial charge in [-0.15, -0.1) is 0 Å². The van der Waals surface area contributed by atoms with Gasteiger partial charge < -0.3 is 24.3 Å². The molecule has 0 aliphatic carbocycles. The summed E-state index contributed by atoms with van der Waals surface area (Å²) in [6.45, 7) is 2.15. The minimum Gasteiger partial charge on any atom is -0.486 e. The third-order valence-corrected chi connectivity index (χ3v) is 4.04. The molecule has 0 radical (unpaired) electrons. The Morgan fingerprint density at radius 1 is 0.964 bits per heavy atom. The molecule has 146 valence electrons. The van der Waals surface area contributed by atoms with Crippen LogP contribution in [0.25, 0.3) is 0 Å². The lowest BCUT2D eigenvalue weighted by molar-refractivity contribution is -0.119. The van der Waals surface area contributed by atoms with Gasteiger partial charge in [0.1, 0.15) is 13.2 Å². The fourth-order valence-corrected chi connectivity index (χ4v) is 2.57. The number of amides is 1. The van der Waals surface area contributed by atoms with Crippen molar-refractivity contribution < 1.29 is 33.3 Å². The van der Waals surface area contributed by atoms with Gasteiger partial charge in [-0.05, 0) is 42.8 Å². The van der Waals surface area contributed by atoms with Gasteiger partial charge in [-0.2, -0.15) is 0 Å². The summed E-state index contributed by atoms with van der Waals surface area (Å²) in [4.78, 5) is 35.9. The predicted molar refractivity (Wildman–Crippen MR) is 98.9 cm³/mol. The first-order chi connectivity index (χ1) is 13.5. The Morgan fingerprint density at radius 3 is 2.39 bits per heavy atom. The number of ether oxygens (including phenoxy) is 4. The maximum absolute atomic E-state index is 12.2. The molecule has 1 aliphatic heterocycles. The Morgan fingerprint density at radius 2 is 1.64 bits per heavy atom. The van der Waals surface area contributed by atoms with Crippen LogP contribution in [0.5, 0.6) is 11.5 Å². The molecule has 0 saturated carbocycles. The lowest BCUT2D eigenvalue weighted by Gasteiger charge is -2.18. The quantitative estimate of drug-likeness (QED) is 0.789. The molecule has 0 atom stereocenters. The standard InChI is InChI=1S/C20H19NO7/c1-12-3-4-13(19(23)25-2)9-15(12)21-18(22)11-28-20(24)14-5-6-16-17(10-14)27-8-7-26-16/h3-6,9-10H,7-8,11H2,1-2H3,(H,21,22). The topological polar surface area (TPSA) is 100 Å². The second kappa shape index (κ2) is 8.43. The van der Waals surface area contributed by atoms with E-state index in [1.807, 2.05) is 0 Å². The minimum absolute atomic E-state index is 0.251. The molecule has 8 nitrogen and oxygen atoms in total. The van der Waals surface area contributed by atoms with Crippen LogP contribution in [0.2, 0.25) is 0 Å². The van der Waals surface area contributed by atoms with Crippen LogP contribution in [0, 0.1) is 6.92 Å². The summed E-state index contributed by atoms with van der Waals surface area (Å²) in [5.74, 6) is -0.689. The molecule has 0 spiro atoms. The van der Waals surface area contributed by atoms with Crippen molar-refractivity contribution in [2.45, 2.75) is 6.92 Å². The molecule has 2 aromatic carbocycles. The van der Waals surface area contributed by atoms with Crippen molar-refractivity contribution in [2.24, 2.45) is 0 Å². The van der Waals surface area contributed by atoms with Crippen molar-refractivity contribution >= 4 is 23.5 Å². The highest BCUT2D eigenvalue weighted by Gasteiger charge is 2.17. The monoisotopic (exact) mass is 385 g/mol. The number of carbonyl (C=O) groups excluding carboxylic acids is 3. The van der Waals surface area contributed by atoms with E-state index in [0.29, 0.717) is 36.0 Å². The van der Waals surface area contributed by atoms with Crippen LogP contribution in [-0.2, 0) is 14.3 Å². The highest BCUT2D eigenvalue weighted by Crippen LogP contribution is 2.30. The van der Waals surface area contributed by atoms with Gasteiger partial charge in [0.25, 0.3) is 5.91 Å². The molecule has 0 unspecified atom stereocenters. The maximum Gasteiger partial charge on any atom is 0.338 e. The molecule has 1 heterocycles. The van der Waals surface area contributed by atoms with Crippen LogP contribution in [0.4, 0.5) is 5.69 Å². The van der Waals surface area contributed by atoms with Gasteiger partial charge in [-0.1, -0.05) is 6.07 Å². The summed E-state index contributed by atoms with van der Waals surface area (Å²) >= 11 is 0. The highest BCUT2D eigenvalue weighted by atomic mass is 16.6. The molecule has 8 heteroatoms. The average Bonchev–Trinajstić information content (AvgIpc) is 2.72. The van der Waals surface area contributed by atoms with Gasteiger partial charge >= 0.3 is 11.9 Å². The minimum atomic E-state index is -0.660. The molecular formula is C20H19NO7. The van der Waals surface area contributed by atoms with Crippen LogP contribution in [0.3, 0.4) is 0 Å². The molecular weight excluding hydrogens is 366 g/mol. The second-order valence-electron chi connectivity index (χ2n) is 6.00. The van der Waals surface area contributed by atoms with Crippen molar-refractivity contribution in [1.82, 2.24) is 0 Å². The normalized spacial score (nSPS) is 12.1. The van der Waals surface area contributed by atoms with Crippen LogP contribution in [0.1, 0.15) is 26.3 Å². The van der Waals surface area contributed by atoms with Crippen LogP contribution >= 0.6 is 0 Å². The van der Waals surface area contributed by atoms with Crippen molar-refractivity contribution in [3.63, 3.8) is 0 Å². The molecule has 1 amide bonds. The molecule has 1 aliphatic rings. The largest absolute Gasteiger partial charge is 0.486 e. The van der Waals surface area contributed by atoms with E-state index in [-0.39, 0.29) is 5.56 Å². The number of carbonyl (C=O) groups is 3. The zero-order chi connectivity index (χ0) is 20.1. The number of benzene rings is 2. The molecule has 28 heavy (non-hydrogen) atoms.